The second-order valence-electron chi connectivity index (χ2n) is 5.03. The highest BCUT2D eigenvalue weighted by molar-refractivity contribution is 7.80. The van der Waals surface area contributed by atoms with Gasteiger partial charge in [0, 0.05) is 20.6 Å². The molecule has 5 heteroatoms. The molecule has 0 spiro atoms. The van der Waals surface area contributed by atoms with Crippen LogP contribution in [-0.4, -0.2) is 47.8 Å². The first-order valence-corrected chi connectivity index (χ1v) is 6.81. The van der Waals surface area contributed by atoms with Gasteiger partial charge in [0.2, 0.25) is 0 Å². The average Bonchev–Trinajstić information content (AvgIpc) is 2.84. The summed E-state index contributed by atoms with van der Waals surface area (Å²) in [4.78, 5) is 2.88. The molecule has 104 valence electrons. The van der Waals surface area contributed by atoms with Crippen LogP contribution in [0.5, 0.6) is 5.75 Å². The largest absolute Gasteiger partial charge is 0.508 e. The Hall–Kier alpha value is -1.17. The predicted molar refractivity (Wildman–Crippen MR) is 79.4 cm³/mol. The summed E-state index contributed by atoms with van der Waals surface area (Å²) >= 11 is 5.36. The van der Waals surface area contributed by atoms with Crippen LogP contribution < -0.4 is 5.32 Å². The van der Waals surface area contributed by atoms with Gasteiger partial charge in [-0.1, -0.05) is 24.4 Å². The van der Waals surface area contributed by atoms with E-state index in [-0.39, 0.29) is 17.9 Å². The number of thiocarbonyl (C=S) groups is 1. The maximum absolute atomic E-state index is 9.39. The molecule has 1 aliphatic heterocycles. The first-order chi connectivity index (χ1) is 9.06. The molecule has 0 aromatic heterocycles. The highest BCUT2D eigenvalue weighted by atomic mass is 32.1. The normalized spacial score (nSPS) is 22.4. The van der Waals surface area contributed by atoms with Crippen molar-refractivity contribution in [3.8, 4) is 5.75 Å². The van der Waals surface area contributed by atoms with E-state index in [9.17, 15) is 5.11 Å². The molecule has 0 saturated carbocycles. The lowest BCUT2D eigenvalue weighted by Crippen LogP contribution is -2.38. The number of phenols is 1. The van der Waals surface area contributed by atoms with Crippen LogP contribution in [0.15, 0.2) is 24.3 Å². The Bertz CT molecular complexity index is 451. The van der Waals surface area contributed by atoms with Crippen molar-refractivity contribution in [2.24, 2.45) is 0 Å². The van der Waals surface area contributed by atoms with Crippen LogP contribution in [0.4, 0.5) is 0 Å². The van der Waals surface area contributed by atoms with Crippen LogP contribution in [0.2, 0.25) is 0 Å². The SMILES string of the molecule is CN(C)C(=S)[C@@H]1C[C@@H](OCc2cccc(O)c2)CN1. The minimum absolute atomic E-state index is 0.172. The van der Waals surface area contributed by atoms with Crippen molar-refractivity contribution in [1.82, 2.24) is 10.2 Å². The highest BCUT2D eigenvalue weighted by Crippen LogP contribution is 2.17. The maximum Gasteiger partial charge on any atom is 0.115 e. The summed E-state index contributed by atoms with van der Waals surface area (Å²) in [6.45, 7) is 1.33. The van der Waals surface area contributed by atoms with Crippen molar-refractivity contribution in [3.63, 3.8) is 0 Å². The number of likely N-dealkylation sites (N-methyl/N-ethyl adjacent to an activating group) is 1. The van der Waals surface area contributed by atoms with Crippen molar-refractivity contribution in [2.75, 3.05) is 20.6 Å². The van der Waals surface area contributed by atoms with Crippen LogP contribution in [0.3, 0.4) is 0 Å². The number of aromatic hydroxyl groups is 1. The van der Waals surface area contributed by atoms with Gasteiger partial charge in [0.25, 0.3) is 0 Å². The summed E-state index contributed by atoms with van der Waals surface area (Å²) in [6, 6.07) is 7.38. The molecule has 2 atom stereocenters. The monoisotopic (exact) mass is 280 g/mol. The number of hydrogen-bond acceptors (Lipinski definition) is 4. The fraction of sp³-hybridized carbons (Fsp3) is 0.500. The summed E-state index contributed by atoms with van der Waals surface area (Å²) in [7, 11) is 3.93. The van der Waals surface area contributed by atoms with Gasteiger partial charge in [0.15, 0.2) is 0 Å². The standard InChI is InChI=1S/C14H20N2O2S/c1-16(2)14(19)13-7-12(8-15-13)18-9-10-4-3-5-11(17)6-10/h3-6,12-13,15,17H,7-9H2,1-2H3/t12-,13+/m1/s1. The maximum atomic E-state index is 9.39. The highest BCUT2D eigenvalue weighted by Gasteiger charge is 2.28. The van der Waals surface area contributed by atoms with E-state index in [1.165, 1.54) is 0 Å². The molecule has 1 saturated heterocycles. The number of rotatable bonds is 4. The minimum Gasteiger partial charge on any atom is -0.508 e. The zero-order valence-electron chi connectivity index (χ0n) is 11.3. The lowest BCUT2D eigenvalue weighted by atomic mass is 10.2. The number of nitrogens with zero attached hydrogens (tertiary/aromatic N) is 1. The first kappa shape index (κ1) is 14.2. The van der Waals surface area contributed by atoms with Gasteiger partial charge in [-0.25, -0.2) is 0 Å². The van der Waals surface area contributed by atoms with E-state index in [1.807, 2.05) is 31.1 Å². The van der Waals surface area contributed by atoms with Gasteiger partial charge >= 0.3 is 0 Å². The molecular weight excluding hydrogens is 260 g/mol. The molecule has 19 heavy (non-hydrogen) atoms. The van der Waals surface area contributed by atoms with E-state index < -0.39 is 0 Å². The third-order valence-electron chi connectivity index (χ3n) is 3.23. The second kappa shape index (κ2) is 6.32. The Balaban J connectivity index is 1.81. The van der Waals surface area contributed by atoms with E-state index in [0.717, 1.165) is 23.5 Å². The summed E-state index contributed by atoms with van der Waals surface area (Å²) in [5.74, 6) is 0.275. The quantitative estimate of drug-likeness (QED) is 0.819. The lowest BCUT2D eigenvalue weighted by molar-refractivity contribution is 0.0533. The summed E-state index contributed by atoms with van der Waals surface area (Å²) in [5, 5.41) is 12.8. The van der Waals surface area contributed by atoms with Crippen molar-refractivity contribution in [2.45, 2.75) is 25.2 Å². The van der Waals surface area contributed by atoms with E-state index in [2.05, 4.69) is 5.32 Å². The number of ether oxygens (including phenoxy) is 1. The van der Waals surface area contributed by atoms with Gasteiger partial charge in [0.05, 0.1) is 23.7 Å². The molecule has 1 aliphatic rings. The molecule has 0 bridgehead atoms. The lowest BCUT2D eigenvalue weighted by Gasteiger charge is -2.19. The zero-order valence-corrected chi connectivity index (χ0v) is 12.1. The van der Waals surface area contributed by atoms with Crippen LogP contribution in [0.25, 0.3) is 0 Å². The summed E-state index contributed by atoms with van der Waals surface area (Å²) in [5.41, 5.74) is 0.985. The molecule has 2 N–H and O–H groups in total. The molecule has 0 radical (unpaired) electrons. The zero-order chi connectivity index (χ0) is 13.8. The molecule has 1 fully saturated rings. The number of hydrogen-bond donors (Lipinski definition) is 2. The third kappa shape index (κ3) is 3.89. The van der Waals surface area contributed by atoms with Crippen LogP contribution in [0.1, 0.15) is 12.0 Å². The third-order valence-corrected chi connectivity index (χ3v) is 3.88. The van der Waals surface area contributed by atoms with E-state index in [0.29, 0.717) is 6.61 Å². The Morgan fingerprint density at radius 2 is 2.32 bits per heavy atom. The van der Waals surface area contributed by atoms with Gasteiger partial charge in [-0.3, -0.25) is 0 Å². The van der Waals surface area contributed by atoms with E-state index in [1.54, 1.807) is 12.1 Å². The molecule has 0 aliphatic carbocycles. The fourth-order valence-corrected chi connectivity index (χ4v) is 2.37. The minimum atomic E-state index is 0.172. The smallest absolute Gasteiger partial charge is 0.115 e. The van der Waals surface area contributed by atoms with Gasteiger partial charge in [-0.05, 0) is 24.1 Å². The first-order valence-electron chi connectivity index (χ1n) is 6.40. The molecule has 1 heterocycles. The topological polar surface area (TPSA) is 44.7 Å². The fourth-order valence-electron chi connectivity index (χ4n) is 2.19. The van der Waals surface area contributed by atoms with E-state index in [4.69, 9.17) is 17.0 Å². The van der Waals surface area contributed by atoms with Crippen molar-refractivity contribution >= 4 is 17.2 Å². The Kier molecular flexibility index (Phi) is 4.74. The van der Waals surface area contributed by atoms with Crippen molar-refractivity contribution in [3.05, 3.63) is 29.8 Å². The van der Waals surface area contributed by atoms with E-state index >= 15 is 0 Å². The summed E-state index contributed by atoms with van der Waals surface area (Å²) in [6.07, 6.45) is 1.07. The molecule has 1 aromatic rings. The van der Waals surface area contributed by atoms with Crippen molar-refractivity contribution in [1.29, 1.82) is 0 Å². The summed E-state index contributed by atoms with van der Waals surface area (Å²) < 4.78 is 5.85. The number of nitrogens with one attached hydrogen (secondary N) is 1. The van der Waals surface area contributed by atoms with Gasteiger partial charge < -0.3 is 20.1 Å². The molecule has 2 rings (SSSR count). The van der Waals surface area contributed by atoms with Gasteiger partial charge in [0.1, 0.15) is 5.75 Å². The number of benzene rings is 1. The molecule has 1 aromatic carbocycles. The molecule has 4 nitrogen and oxygen atoms in total. The van der Waals surface area contributed by atoms with Crippen molar-refractivity contribution < 1.29 is 9.84 Å². The Labute approximate surface area is 119 Å². The van der Waals surface area contributed by atoms with Crippen LogP contribution >= 0.6 is 12.2 Å². The second-order valence-corrected chi connectivity index (χ2v) is 5.45. The number of phenolic OH excluding ortho intramolecular Hbond substituents is 1. The predicted octanol–water partition coefficient (Wildman–Crippen LogP) is 1.53. The molecule has 0 unspecified atom stereocenters. The van der Waals surface area contributed by atoms with Gasteiger partial charge in [-0.2, -0.15) is 0 Å². The Morgan fingerprint density at radius 3 is 3.00 bits per heavy atom. The van der Waals surface area contributed by atoms with Crippen LogP contribution in [-0.2, 0) is 11.3 Å². The van der Waals surface area contributed by atoms with Crippen LogP contribution in [0, 0.1) is 0 Å². The average molecular weight is 280 g/mol. The molecular formula is C14H20N2O2S. The molecule has 0 amide bonds. The Morgan fingerprint density at radius 1 is 1.53 bits per heavy atom. The van der Waals surface area contributed by atoms with Gasteiger partial charge in [-0.15, -0.1) is 0 Å².